The van der Waals surface area contributed by atoms with Gasteiger partial charge in [-0.3, -0.25) is 4.79 Å². The maximum absolute atomic E-state index is 12.5. The summed E-state index contributed by atoms with van der Waals surface area (Å²) in [6, 6.07) is 17.5. The number of hydrogen-bond donors (Lipinski definition) is 1. The van der Waals surface area contributed by atoms with Crippen molar-refractivity contribution in [2.75, 3.05) is 5.32 Å². The van der Waals surface area contributed by atoms with Crippen molar-refractivity contribution < 1.29 is 4.79 Å². The zero-order chi connectivity index (χ0) is 15.0. The van der Waals surface area contributed by atoms with E-state index in [0.717, 1.165) is 5.69 Å². The van der Waals surface area contributed by atoms with Gasteiger partial charge in [0.2, 0.25) is 5.91 Å². The third kappa shape index (κ3) is 2.68. The Morgan fingerprint density at radius 2 is 1.81 bits per heavy atom. The van der Waals surface area contributed by atoms with Gasteiger partial charge in [-0.05, 0) is 29.2 Å². The van der Waals surface area contributed by atoms with Gasteiger partial charge >= 0.3 is 0 Å². The number of carbonyl (C=O) groups excluding carboxylic acids is 1. The van der Waals surface area contributed by atoms with Crippen molar-refractivity contribution in [3.8, 4) is 0 Å². The SMILES string of the molecule is CC1(C)[C@H](C(=O)Nc2cccc(Cl)c2)[C@H]1c1ccccc1. The summed E-state index contributed by atoms with van der Waals surface area (Å²) in [6.07, 6.45) is 0. The summed E-state index contributed by atoms with van der Waals surface area (Å²) in [7, 11) is 0. The largest absolute Gasteiger partial charge is 0.326 e. The molecule has 3 rings (SSSR count). The zero-order valence-electron chi connectivity index (χ0n) is 12.1. The molecule has 1 fully saturated rings. The normalized spacial score (nSPS) is 22.6. The molecule has 2 aromatic carbocycles. The second-order valence-electron chi connectivity index (χ2n) is 6.19. The summed E-state index contributed by atoms with van der Waals surface area (Å²) in [5.41, 5.74) is 1.97. The van der Waals surface area contributed by atoms with Crippen LogP contribution in [0.5, 0.6) is 0 Å². The van der Waals surface area contributed by atoms with E-state index in [1.54, 1.807) is 12.1 Å². The highest BCUT2D eigenvalue weighted by molar-refractivity contribution is 6.30. The molecule has 1 aliphatic carbocycles. The average Bonchev–Trinajstić information content (AvgIpc) is 3.03. The standard InChI is InChI=1S/C18H18ClNO/c1-18(2)15(12-7-4-3-5-8-12)16(18)17(21)20-14-10-6-9-13(19)11-14/h3-11,15-16H,1-2H3,(H,20,21)/t15-,16+/m1/s1. The molecule has 2 atom stereocenters. The Kier molecular flexibility index (Phi) is 3.50. The minimum Gasteiger partial charge on any atom is -0.326 e. The zero-order valence-corrected chi connectivity index (χ0v) is 12.9. The van der Waals surface area contributed by atoms with Gasteiger partial charge in [-0.25, -0.2) is 0 Å². The van der Waals surface area contributed by atoms with Crippen molar-refractivity contribution in [2.24, 2.45) is 11.3 Å². The molecule has 3 heteroatoms. The Morgan fingerprint density at radius 3 is 2.48 bits per heavy atom. The van der Waals surface area contributed by atoms with Crippen LogP contribution in [0.2, 0.25) is 5.02 Å². The Labute approximate surface area is 130 Å². The minimum atomic E-state index is -0.00991. The van der Waals surface area contributed by atoms with Crippen LogP contribution in [0.3, 0.4) is 0 Å². The number of halogens is 1. The van der Waals surface area contributed by atoms with Gasteiger partial charge in [0, 0.05) is 16.6 Å². The van der Waals surface area contributed by atoms with E-state index < -0.39 is 0 Å². The van der Waals surface area contributed by atoms with Gasteiger partial charge in [-0.15, -0.1) is 0 Å². The fourth-order valence-electron chi connectivity index (χ4n) is 3.20. The molecule has 0 spiro atoms. The smallest absolute Gasteiger partial charge is 0.228 e. The van der Waals surface area contributed by atoms with Gasteiger partial charge in [0.1, 0.15) is 0 Å². The van der Waals surface area contributed by atoms with Gasteiger partial charge in [0.25, 0.3) is 0 Å². The first-order valence-corrected chi connectivity index (χ1v) is 7.49. The van der Waals surface area contributed by atoms with Crippen LogP contribution >= 0.6 is 11.6 Å². The molecule has 0 aromatic heterocycles. The molecule has 1 amide bonds. The third-order valence-corrected chi connectivity index (χ3v) is 4.60. The van der Waals surface area contributed by atoms with Crippen molar-refractivity contribution in [3.63, 3.8) is 0 Å². The van der Waals surface area contributed by atoms with Crippen LogP contribution in [-0.2, 0) is 4.79 Å². The number of hydrogen-bond acceptors (Lipinski definition) is 1. The van der Waals surface area contributed by atoms with Gasteiger partial charge in [-0.2, -0.15) is 0 Å². The summed E-state index contributed by atoms with van der Waals surface area (Å²) in [6.45, 7) is 4.29. The monoisotopic (exact) mass is 299 g/mol. The quantitative estimate of drug-likeness (QED) is 0.873. The molecular formula is C18H18ClNO. The molecule has 108 valence electrons. The first kappa shape index (κ1) is 14.2. The fraction of sp³-hybridized carbons (Fsp3) is 0.278. The summed E-state index contributed by atoms with van der Waals surface area (Å²) >= 11 is 5.95. The predicted molar refractivity (Wildman–Crippen MR) is 86.5 cm³/mol. The molecule has 0 aliphatic heterocycles. The van der Waals surface area contributed by atoms with E-state index in [2.05, 4.69) is 31.3 Å². The number of amides is 1. The number of carbonyl (C=O) groups is 1. The van der Waals surface area contributed by atoms with Crippen molar-refractivity contribution >= 4 is 23.2 Å². The molecule has 2 aromatic rings. The van der Waals surface area contributed by atoms with E-state index in [9.17, 15) is 4.79 Å². The Balaban J connectivity index is 1.77. The number of nitrogens with one attached hydrogen (secondary N) is 1. The van der Waals surface area contributed by atoms with Crippen LogP contribution in [0.25, 0.3) is 0 Å². The molecule has 1 N–H and O–H groups in total. The van der Waals surface area contributed by atoms with Gasteiger partial charge < -0.3 is 5.32 Å². The van der Waals surface area contributed by atoms with Gasteiger partial charge in [-0.1, -0.05) is 61.8 Å². The molecular weight excluding hydrogens is 282 g/mol. The molecule has 0 unspecified atom stereocenters. The Morgan fingerprint density at radius 1 is 1.10 bits per heavy atom. The van der Waals surface area contributed by atoms with Crippen LogP contribution in [0.15, 0.2) is 54.6 Å². The predicted octanol–water partition coefficient (Wildman–Crippen LogP) is 4.72. The first-order chi connectivity index (χ1) is 10.00. The maximum Gasteiger partial charge on any atom is 0.228 e. The lowest BCUT2D eigenvalue weighted by molar-refractivity contribution is -0.118. The summed E-state index contributed by atoms with van der Waals surface area (Å²) < 4.78 is 0. The lowest BCUT2D eigenvalue weighted by atomic mass is 10.0. The molecule has 2 nitrogen and oxygen atoms in total. The highest BCUT2D eigenvalue weighted by Gasteiger charge is 2.62. The molecule has 0 bridgehead atoms. The Bertz CT molecular complexity index is 666. The molecule has 1 aliphatic rings. The van der Waals surface area contributed by atoms with Gasteiger partial charge in [0.15, 0.2) is 0 Å². The minimum absolute atomic E-state index is 0.00104. The van der Waals surface area contributed by atoms with E-state index in [0.29, 0.717) is 5.02 Å². The number of rotatable bonds is 3. The average molecular weight is 300 g/mol. The first-order valence-electron chi connectivity index (χ1n) is 7.11. The Hall–Kier alpha value is -1.80. The lowest BCUT2D eigenvalue weighted by Gasteiger charge is -2.06. The highest BCUT2D eigenvalue weighted by atomic mass is 35.5. The van der Waals surface area contributed by atoms with Crippen molar-refractivity contribution in [1.29, 1.82) is 0 Å². The van der Waals surface area contributed by atoms with Crippen LogP contribution < -0.4 is 5.32 Å². The summed E-state index contributed by atoms with van der Waals surface area (Å²) in [4.78, 5) is 12.5. The van der Waals surface area contributed by atoms with Crippen LogP contribution in [0.1, 0.15) is 25.3 Å². The van der Waals surface area contributed by atoms with Gasteiger partial charge in [0.05, 0.1) is 5.92 Å². The van der Waals surface area contributed by atoms with E-state index in [-0.39, 0.29) is 23.2 Å². The second-order valence-corrected chi connectivity index (χ2v) is 6.62. The summed E-state index contributed by atoms with van der Waals surface area (Å²) in [5, 5.41) is 3.60. The lowest BCUT2D eigenvalue weighted by Crippen LogP contribution is -2.16. The topological polar surface area (TPSA) is 29.1 Å². The highest BCUT2D eigenvalue weighted by Crippen LogP contribution is 2.64. The van der Waals surface area contributed by atoms with Crippen molar-refractivity contribution in [1.82, 2.24) is 0 Å². The maximum atomic E-state index is 12.5. The number of anilines is 1. The van der Waals surface area contributed by atoms with E-state index >= 15 is 0 Å². The van der Waals surface area contributed by atoms with Crippen LogP contribution in [0.4, 0.5) is 5.69 Å². The van der Waals surface area contributed by atoms with Crippen molar-refractivity contribution in [2.45, 2.75) is 19.8 Å². The van der Waals surface area contributed by atoms with E-state index in [1.165, 1.54) is 5.56 Å². The molecule has 21 heavy (non-hydrogen) atoms. The van der Waals surface area contributed by atoms with Crippen LogP contribution in [0, 0.1) is 11.3 Å². The van der Waals surface area contributed by atoms with E-state index in [1.807, 2.05) is 30.3 Å². The third-order valence-electron chi connectivity index (χ3n) is 4.36. The molecule has 1 saturated carbocycles. The van der Waals surface area contributed by atoms with Crippen LogP contribution in [-0.4, -0.2) is 5.91 Å². The van der Waals surface area contributed by atoms with Crippen molar-refractivity contribution in [3.05, 3.63) is 65.2 Å². The number of benzene rings is 2. The second kappa shape index (κ2) is 5.19. The summed E-state index contributed by atoms with van der Waals surface area (Å²) in [5.74, 6) is 0.341. The van der Waals surface area contributed by atoms with E-state index in [4.69, 9.17) is 11.6 Å². The molecule has 0 radical (unpaired) electrons. The fourth-order valence-corrected chi connectivity index (χ4v) is 3.39. The molecule has 0 heterocycles. The molecule has 0 saturated heterocycles.